The van der Waals surface area contributed by atoms with Crippen molar-refractivity contribution in [3.05, 3.63) is 48.6 Å². The number of likely N-dealkylation sites (N-methyl/N-ethyl adjacent to an activating group) is 1. The standard InChI is InChI=1S/C50H86N2O6/c1-4-6-8-10-12-14-16-18-20-22-24-26-28-30-32-36-42-50(41-35-31-29-27-25-23-21-19-17-15-13-11-9-7-5-2)56-45-46(57-50)44-51(3)43-37-33-34-38-49(55)58-52-47(53)39-40-48(52)54/h12-15,18-21,46H,4-11,16-17,22-45H2,1-3H3/b14-12-,15-13-,20-18-,21-19+. The van der Waals surface area contributed by atoms with Gasteiger partial charge in [-0.3, -0.25) is 9.59 Å². The predicted octanol–water partition coefficient (Wildman–Crippen LogP) is 13.2. The van der Waals surface area contributed by atoms with Crippen LogP contribution in [0, 0.1) is 0 Å². The lowest BCUT2D eigenvalue weighted by molar-refractivity contribution is -0.197. The molecular formula is C50H86N2O6. The lowest BCUT2D eigenvalue weighted by atomic mass is 9.98. The van der Waals surface area contributed by atoms with Gasteiger partial charge in [0.1, 0.15) is 0 Å². The van der Waals surface area contributed by atoms with Crippen molar-refractivity contribution in [3.63, 3.8) is 0 Å². The van der Waals surface area contributed by atoms with Crippen molar-refractivity contribution in [1.82, 2.24) is 9.96 Å². The van der Waals surface area contributed by atoms with Gasteiger partial charge in [-0.15, -0.1) is 5.06 Å². The van der Waals surface area contributed by atoms with Crippen LogP contribution in [-0.2, 0) is 28.7 Å². The molecule has 0 bridgehead atoms. The van der Waals surface area contributed by atoms with Crippen LogP contribution in [0.4, 0.5) is 0 Å². The summed E-state index contributed by atoms with van der Waals surface area (Å²) in [7, 11) is 2.13. The molecule has 2 aliphatic rings. The first-order valence-corrected chi connectivity index (χ1v) is 24.1. The topological polar surface area (TPSA) is 85.4 Å². The van der Waals surface area contributed by atoms with Gasteiger partial charge in [0.05, 0.1) is 12.7 Å². The number of unbranched alkanes of at least 4 members (excludes halogenated alkanes) is 19. The van der Waals surface area contributed by atoms with Gasteiger partial charge < -0.3 is 19.2 Å². The molecule has 332 valence electrons. The largest absolute Gasteiger partial charge is 0.347 e. The monoisotopic (exact) mass is 811 g/mol. The Morgan fingerprint density at radius 1 is 0.638 bits per heavy atom. The molecule has 2 saturated heterocycles. The van der Waals surface area contributed by atoms with Crippen molar-refractivity contribution in [3.8, 4) is 0 Å². The van der Waals surface area contributed by atoms with Gasteiger partial charge in [0.25, 0.3) is 11.8 Å². The summed E-state index contributed by atoms with van der Waals surface area (Å²) >= 11 is 0. The smallest absolute Gasteiger partial charge is 0.333 e. The molecule has 58 heavy (non-hydrogen) atoms. The first kappa shape index (κ1) is 51.6. The molecule has 0 aromatic rings. The maximum atomic E-state index is 12.1. The number of hydroxylamine groups is 2. The predicted molar refractivity (Wildman–Crippen MR) is 240 cm³/mol. The highest BCUT2D eigenvalue weighted by molar-refractivity contribution is 6.01. The first-order chi connectivity index (χ1) is 28.4. The SMILES string of the molecule is CCCCC/C=C\C/C=C\CCCCCCCCC1(CCCCCCC/C=C/C/C=C\CCCCC)OCC(CN(C)CCCCCC(=O)ON2C(=O)CCC2=O)O1. The third kappa shape index (κ3) is 26.5. The van der Waals surface area contributed by atoms with E-state index in [2.05, 4.69) is 74.4 Å². The molecule has 8 nitrogen and oxygen atoms in total. The van der Waals surface area contributed by atoms with Crippen LogP contribution in [0.5, 0.6) is 0 Å². The molecule has 0 aromatic carbocycles. The van der Waals surface area contributed by atoms with Gasteiger partial charge >= 0.3 is 5.97 Å². The molecule has 2 aliphatic heterocycles. The van der Waals surface area contributed by atoms with E-state index >= 15 is 0 Å². The summed E-state index contributed by atoms with van der Waals surface area (Å²) in [5, 5.41) is 0.632. The first-order valence-electron chi connectivity index (χ1n) is 24.1. The lowest BCUT2D eigenvalue weighted by Gasteiger charge is -2.29. The highest BCUT2D eigenvalue weighted by Crippen LogP contribution is 2.35. The third-order valence-electron chi connectivity index (χ3n) is 11.3. The minimum atomic E-state index is -0.520. The molecule has 2 heterocycles. The number of hydrogen-bond donors (Lipinski definition) is 0. The number of carbonyl (C=O) groups is 3. The zero-order valence-electron chi connectivity index (χ0n) is 37.6. The second-order valence-electron chi connectivity index (χ2n) is 16.9. The minimum absolute atomic E-state index is 0.0677. The Labute approximate surface area is 355 Å². The molecule has 0 saturated carbocycles. The van der Waals surface area contributed by atoms with Crippen molar-refractivity contribution in [2.24, 2.45) is 0 Å². The summed E-state index contributed by atoms with van der Waals surface area (Å²) < 4.78 is 13.3. The number of amides is 2. The number of imide groups is 1. The fraction of sp³-hybridized carbons (Fsp3) is 0.780. The van der Waals surface area contributed by atoms with E-state index in [0.29, 0.717) is 18.1 Å². The molecule has 0 radical (unpaired) electrons. The second kappa shape index (κ2) is 35.2. The van der Waals surface area contributed by atoms with Gasteiger partial charge in [0.2, 0.25) is 0 Å². The summed E-state index contributed by atoms with van der Waals surface area (Å²) in [5.74, 6) is -1.84. The van der Waals surface area contributed by atoms with Gasteiger partial charge in [-0.1, -0.05) is 140 Å². The molecule has 2 fully saturated rings. The number of rotatable bonds is 38. The molecule has 2 atom stereocenters. The van der Waals surface area contributed by atoms with Crippen LogP contribution < -0.4 is 0 Å². The maximum absolute atomic E-state index is 12.1. The fourth-order valence-electron chi connectivity index (χ4n) is 7.75. The van der Waals surface area contributed by atoms with Crippen LogP contribution in [0.2, 0.25) is 0 Å². The average Bonchev–Trinajstić information content (AvgIpc) is 3.76. The zero-order valence-corrected chi connectivity index (χ0v) is 37.6. The summed E-state index contributed by atoms with van der Waals surface area (Å²) in [6, 6.07) is 0. The Balaban J connectivity index is 1.66. The molecule has 2 amide bonds. The Kier molecular flexibility index (Phi) is 31.3. The van der Waals surface area contributed by atoms with Crippen LogP contribution in [0.25, 0.3) is 0 Å². The van der Waals surface area contributed by atoms with E-state index in [0.717, 1.165) is 64.5 Å². The Hall–Kier alpha value is -2.55. The van der Waals surface area contributed by atoms with Crippen LogP contribution in [0.1, 0.15) is 213 Å². The molecule has 2 rings (SSSR count). The normalized spacial score (nSPS) is 18.9. The van der Waals surface area contributed by atoms with Gasteiger partial charge in [0, 0.05) is 38.6 Å². The van der Waals surface area contributed by atoms with E-state index in [9.17, 15) is 14.4 Å². The van der Waals surface area contributed by atoms with E-state index in [-0.39, 0.29) is 25.4 Å². The summed E-state index contributed by atoms with van der Waals surface area (Å²) in [6.45, 7) is 6.89. The summed E-state index contributed by atoms with van der Waals surface area (Å²) in [5.41, 5.74) is 0. The van der Waals surface area contributed by atoms with Crippen LogP contribution in [0.3, 0.4) is 0 Å². The quantitative estimate of drug-likeness (QED) is 0.0349. The summed E-state index contributed by atoms with van der Waals surface area (Å²) in [4.78, 5) is 42.8. The van der Waals surface area contributed by atoms with E-state index in [1.807, 2.05) is 0 Å². The van der Waals surface area contributed by atoms with E-state index in [1.54, 1.807) is 0 Å². The molecule has 0 N–H and O–H groups in total. The van der Waals surface area contributed by atoms with Crippen LogP contribution in [-0.4, -0.2) is 66.4 Å². The molecule has 8 heteroatoms. The fourth-order valence-corrected chi connectivity index (χ4v) is 7.75. The number of nitrogens with zero attached hydrogens (tertiary/aromatic N) is 2. The highest BCUT2D eigenvalue weighted by atomic mass is 16.7. The summed E-state index contributed by atoms with van der Waals surface area (Å²) in [6.07, 6.45) is 52.1. The third-order valence-corrected chi connectivity index (χ3v) is 11.3. The van der Waals surface area contributed by atoms with Gasteiger partial charge in [-0.25, -0.2) is 4.79 Å². The number of hydrogen-bond acceptors (Lipinski definition) is 7. The van der Waals surface area contributed by atoms with E-state index < -0.39 is 23.6 Å². The Morgan fingerprint density at radius 3 is 1.59 bits per heavy atom. The molecule has 0 aliphatic carbocycles. The average molecular weight is 811 g/mol. The van der Waals surface area contributed by atoms with Crippen LogP contribution in [0.15, 0.2) is 48.6 Å². The Bertz CT molecular complexity index is 1160. The van der Waals surface area contributed by atoms with Crippen molar-refractivity contribution >= 4 is 17.8 Å². The molecule has 0 aromatic heterocycles. The number of allylic oxidation sites excluding steroid dienone is 8. The van der Waals surface area contributed by atoms with E-state index in [1.165, 1.54) is 122 Å². The lowest BCUT2D eigenvalue weighted by Crippen LogP contribution is -2.35. The van der Waals surface area contributed by atoms with Crippen molar-refractivity contribution in [2.75, 3.05) is 26.7 Å². The zero-order chi connectivity index (χ0) is 41.8. The highest BCUT2D eigenvalue weighted by Gasteiger charge is 2.40. The van der Waals surface area contributed by atoms with Gasteiger partial charge in [-0.05, 0) is 103 Å². The number of ether oxygens (including phenoxy) is 2. The van der Waals surface area contributed by atoms with E-state index in [4.69, 9.17) is 14.3 Å². The Morgan fingerprint density at radius 2 is 1.09 bits per heavy atom. The van der Waals surface area contributed by atoms with Crippen molar-refractivity contribution in [2.45, 2.75) is 225 Å². The maximum Gasteiger partial charge on any atom is 0.333 e. The molecule has 2 unspecified atom stereocenters. The molecular weight excluding hydrogens is 725 g/mol. The van der Waals surface area contributed by atoms with Crippen molar-refractivity contribution < 1.29 is 28.7 Å². The minimum Gasteiger partial charge on any atom is -0.347 e. The number of carbonyl (C=O) groups excluding carboxylic acids is 3. The second-order valence-corrected chi connectivity index (χ2v) is 16.9. The van der Waals surface area contributed by atoms with Crippen LogP contribution >= 0.6 is 0 Å². The molecule has 0 spiro atoms. The van der Waals surface area contributed by atoms with Gasteiger partial charge in [0.15, 0.2) is 5.79 Å². The van der Waals surface area contributed by atoms with Gasteiger partial charge in [-0.2, -0.15) is 0 Å². The van der Waals surface area contributed by atoms with Crippen molar-refractivity contribution in [1.29, 1.82) is 0 Å².